The van der Waals surface area contributed by atoms with Crippen LogP contribution in [0.3, 0.4) is 0 Å². The molecule has 3 fully saturated rings. The molecule has 176 valence electrons. The van der Waals surface area contributed by atoms with Gasteiger partial charge in [0.1, 0.15) is 12.4 Å². The highest BCUT2D eigenvalue weighted by atomic mass is 16.6. The van der Waals surface area contributed by atoms with E-state index in [0.29, 0.717) is 18.3 Å². The number of carbonyl (C=O) groups excluding carboxylic acids is 1. The molecular weight excluding hydrogens is 412 g/mol. The number of nitrogens with zero attached hydrogens (tertiary/aromatic N) is 2. The van der Waals surface area contributed by atoms with E-state index in [4.69, 9.17) is 4.74 Å². The number of hydrogen-bond acceptors (Lipinski definition) is 4. The molecule has 3 unspecified atom stereocenters. The first-order valence-corrected chi connectivity index (χ1v) is 12.5. The molecule has 3 aliphatic rings. The minimum atomic E-state index is -0.250. The van der Waals surface area contributed by atoms with Crippen molar-refractivity contribution in [2.75, 3.05) is 26.7 Å². The summed E-state index contributed by atoms with van der Waals surface area (Å²) in [6.45, 7) is 3.76. The number of ether oxygens (including phenoxy) is 1. The molecule has 5 rings (SSSR count). The van der Waals surface area contributed by atoms with Gasteiger partial charge in [-0.25, -0.2) is 4.79 Å². The Morgan fingerprint density at radius 3 is 2.70 bits per heavy atom. The Bertz CT molecular complexity index is 961. The first-order valence-electron chi connectivity index (χ1n) is 12.5. The van der Waals surface area contributed by atoms with Crippen LogP contribution in [-0.2, 0) is 16.8 Å². The van der Waals surface area contributed by atoms with Crippen LogP contribution in [0.2, 0.25) is 0 Å². The predicted octanol–water partition coefficient (Wildman–Crippen LogP) is 5.18. The van der Waals surface area contributed by atoms with Gasteiger partial charge in [-0.05, 0) is 80.2 Å². The first kappa shape index (κ1) is 22.3. The van der Waals surface area contributed by atoms with Crippen molar-refractivity contribution in [3.8, 4) is 5.75 Å². The van der Waals surface area contributed by atoms with Crippen molar-refractivity contribution < 1.29 is 14.6 Å². The molecule has 1 amide bonds. The van der Waals surface area contributed by atoms with E-state index in [-0.39, 0.29) is 17.6 Å². The highest BCUT2D eigenvalue weighted by Crippen LogP contribution is 2.51. The molecule has 1 saturated heterocycles. The minimum absolute atomic E-state index is 0.00429. The van der Waals surface area contributed by atoms with Crippen LogP contribution in [0.25, 0.3) is 0 Å². The number of carbonyl (C=O) groups is 1. The van der Waals surface area contributed by atoms with Gasteiger partial charge in [-0.15, -0.1) is 0 Å². The normalized spacial score (nSPS) is 27.5. The lowest BCUT2D eigenvalue weighted by Gasteiger charge is -2.54. The summed E-state index contributed by atoms with van der Waals surface area (Å²) in [7, 11) is 1.89. The topological polar surface area (TPSA) is 53.0 Å². The molecule has 2 saturated carbocycles. The quantitative estimate of drug-likeness (QED) is 0.661. The van der Waals surface area contributed by atoms with Crippen LogP contribution >= 0.6 is 0 Å². The number of likely N-dealkylation sites (tertiary alicyclic amines) is 1. The summed E-state index contributed by atoms with van der Waals surface area (Å²) in [4.78, 5) is 17.4. The average Bonchev–Trinajstić information content (AvgIpc) is 3.66. The third kappa shape index (κ3) is 4.89. The van der Waals surface area contributed by atoms with Gasteiger partial charge in [0.15, 0.2) is 0 Å². The summed E-state index contributed by atoms with van der Waals surface area (Å²) in [5.41, 5.74) is 2.23. The molecule has 2 aromatic rings. The first-order chi connectivity index (χ1) is 16.0. The third-order valence-corrected chi connectivity index (χ3v) is 8.26. The molecule has 3 atom stereocenters. The molecular formula is C28H36N2O3. The molecule has 2 aromatic carbocycles. The Morgan fingerprint density at radius 1 is 1.12 bits per heavy atom. The molecule has 1 aliphatic heterocycles. The van der Waals surface area contributed by atoms with Crippen molar-refractivity contribution in [2.45, 2.75) is 56.6 Å². The molecule has 0 spiro atoms. The molecule has 0 aromatic heterocycles. The van der Waals surface area contributed by atoms with Gasteiger partial charge >= 0.3 is 6.09 Å². The van der Waals surface area contributed by atoms with E-state index < -0.39 is 0 Å². The van der Waals surface area contributed by atoms with Crippen LogP contribution in [0.15, 0.2) is 54.6 Å². The van der Waals surface area contributed by atoms with Gasteiger partial charge < -0.3 is 19.6 Å². The molecule has 33 heavy (non-hydrogen) atoms. The number of hydrogen-bond donors (Lipinski definition) is 1. The van der Waals surface area contributed by atoms with Crippen molar-refractivity contribution in [3.63, 3.8) is 0 Å². The summed E-state index contributed by atoms with van der Waals surface area (Å²) in [6, 6.07) is 17.8. The summed E-state index contributed by atoms with van der Waals surface area (Å²) >= 11 is 0. The van der Waals surface area contributed by atoms with Crippen LogP contribution in [0, 0.1) is 11.8 Å². The number of phenolic OH excluding ortho intramolecular Hbond substituents is 1. The number of fused-ring (bicyclic) bond motifs is 1. The average molecular weight is 449 g/mol. The third-order valence-electron chi connectivity index (χ3n) is 8.26. The van der Waals surface area contributed by atoms with E-state index in [1.807, 2.05) is 54.4 Å². The maximum Gasteiger partial charge on any atom is 0.410 e. The lowest BCUT2D eigenvalue weighted by molar-refractivity contribution is 0.0139. The zero-order chi connectivity index (χ0) is 22.8. The number of piperidine rings is 1. The highest BCUT2D eigenvalue weighted by Gasteiger charge is 2.49. The van der Waals surface area contributed by atoms with Crippen molar-refractivity contribution in [1.82, 2.24) is 9.80 Å². The Balaban J connectivity index is 1.31. The maximum absolute atomic E-state index is 12.9. The molecule has 0 bridgehead atoms. The van der Waals surface area contributed by atoms with Crippen LogP contribution in [0.1, 0.15) is 49.7 Å². The largest absolute Gasteiger partial charge is 0.508 e. The van der Waals surface area contributed by atoms with Gasteiger partial charge in [0.25, 0.3) is 0 Å². The van der Waals surface area contributed by atoms with Crippen LogP contribution in [-0.4, -0.2) is 53.7 Å². The number of benzene rings is 2. The van der Waals surface area contributed by atoms with Gasteiger partial charge in [0.2, 0.25) is 0 Å². The van der Waals surface area contributed by atoms with Crippen molar-refractivity contribution in [3.05, 3.63) is 65.7 Å². The van der Waals surface area contributed by atoms with Crippen LogP contribution in [0.4, 0.5) is 4.79 Å². The van der Waals surface area contributed by atoms with E-state index in [1.165, 1.54) is 24.9 Å². The Labute approximate surface area is 197 Å². The standard InChI is InChI=1S/C28H36N2O3/c1-29(27(32)33-20-22-6-3-2-4-7-22)25-13-12-24-19-30(18-21-10-11-21)15-14-28(24,17-25)23-8-5-9-26(31)16-23/h2-9,16,21,24-25,31H,10-15,17-20H2,1H3. The van der Waals surface area contributed by atoms with Crippen LogP contribution in [0.5, 0.6) is 5.75 Å². The van der Waals surface area contributed by atoms with E-state index in [9.17, 15) is 9.90 Å². The molecule has 5 heteroatoms. The molecule has 1 heterocycles. The van der Waals surface area contributed by atoms with Crippen molar-refractivity contribution in [1.29, 1.82) is 0 Å². The maximum atomic E-state index is 12.9. The lowest BCUT2D eigenvalue weighted by atomic mass is 9.58. The number of amides is 1. The van der Waals surface area contributed by atoms with Gasteiger partial charge in [0.05, 0.1) is 0 Å². The minimum Gasteiger partial charge on any atom is -0.508 e. The summed E-state index contributed by atoms with van der Waals surface area (Å²) in [5.74, 6) is 1.79. The van der Waals surface area contributed by atoms with E-state index in [1.54, 1.807) is 6.07 Å². The Morgan fingerprint density at radius 2 is 1.94 bits per heavy atom. The van der Waals surface area contributed by atoms with Crippen molar-refractivity contribution in [2.24, 2.45) is 11.8 Å². The highest BCUT2D eigenvalue weighted by molar-refractivity contribution is 5.67. The Hall–Kier alpha value is -2.53. The van der Waals surface area contributed by atoms with Gasteiger partial charge in [-0.2, -0.15) is 0 Å². The predicted molar refractivity (Wildman–Crippen MR) is 129 cm³/mol. The van der Waals surface area contributed by atoms with E-state index in [2.05, 4.69) is 11.0 Å². The summed E-state index contributed by atoms with van der Waals surface area (Å²) < 4.78 is 5.64. The SMILES string of the molecule is CN(C(=O)OCc1ccccc1)C1CCC2CN(CC3CC3)CCC2(c2cccc(O)c2)C1. The van der Waals surface area contributed by atoms with Gasteiger partial charge in [-0.1, -0.05) is 42.5 Å². The molecule has 2 aliphatic carbocycles. The van der Waals surface area contributed by atoms with Crippen molar-refractivity contribution >= 4 is 6.09 Å². The molecule has 0 radical (unpaired) electrons. The monoisotopic (exact) mass is 448 g/mol. The van der Waals surface area contributed by atoms with E-state index >= 15 is 0 Å². The fourth-order valence-electron chi connectivity index (χ4n) is 6.14. The smallest absolute Gasteiger partial charge is 0.410 e. The second-order valence-electron chi connectivity index (χ2n) is 10.4. The van der Waals surface area contributed by atoms with Crippen LogP contribution < -0.4 is 0 Å². The second kappa shape index (κ2) is 9.38. The zero-order valence-electron chi connectivity index (χ0n) is 19.7. The van der Waals surface area contributed by atoms with E-state index in [0.717, 1.165) is 50.3 Å². The number of aromatic hydroxyl groups is 1. The summed E-state index contributed by atoms with van der Waals surface area (Å²) in [6.07, 6.45) is 6.62. The molecule has 5 nitrogen and oxygen atoms in total. The second-order valence-corrected chi connectivity index (χ2v) is 10.4. The number of rotatable bonds is 6. The number of phenols is 1. The van der Waals surface area contributed by atoms with Gasteiger partial charge in [-0.3, -0.25) is 0 Å². The summed E-state index contributed by atoms with van der Waals surface area (Å²) in [5, 5.41) is 10.3. The fraction of sp³-hybridized carbons (Fsp3) is 0.536. The molecule has 1 N–H and O–H groups in total. The zero-order valence-corrected chi connectivity index (χ0v) is 19.7. The van der Waals surface area contributed by atoms with Gasteiger partial charge in [0, 0.05) is 31.6 Å². The fourth-order valence-corrected chi connectivity index (χ4v) is 6.14. The lowest BCUT2D eigenvalue weighted by Crippen LogP contribution is -2.56. The Kier molecular flexibility index (Phi) is 6.33.